The molecule has 0 saturated heterocycles. The highest BCUT2D eigenvalue weighted by molar-refractivity contribution is 7.53. The molecule has 0 fully saturated rings. The molecule has 3 unspecified atom stereocenters. The van der Waals surface area contributed by atoms with Crippen molar-refractivity contribution in [3.05, 3.63) is 35.9 Å². The Hall–Kier alpha value is -1.69. The van der Waals surface area contributed by atoms with Gasteiger partial charge >= 0.3 is 13.6 Å². The first kappa shape index (κ1) is 24.3. The van der Waals surface area contributed by atoms with E-state index in [9.17, 15) is 24.2 Å². The van der Waals surface area contributed by atoms with Crippen molar-refractivity contribution in [1.82, 2.24) is 5.32 Å². The molecule has 0 spiro atoms. The largest absolute Gasteiger partial charge is 0.479 e. The summed E-state index contributed by atoms with van der Waals surface area (Å²) in [5.74, 6) is -3.18. The van der Waals surface area contributed by atoms with Crippen LogP contribution in [0.3, 0.4) is 0 Å². The van der Waals surface area contributed by atoms with E-state index in [2.05, 4.69) is 5.32 Å². The van der Waals surface area contributed by atoms with Crippen LogP contribution in [0.15, 0.2) is 30.3 Å². The Morgan fingerprint density at radius 2 is 1.82 bits per heavy atom. The number of hydrogen-bond acceptors (Lipinski definition) is 4. The fourth-order valence-electron chi connectivity index (χ4n) is 2.82. The van der Waals surface area contributed by atoms with E-state index in [0.717, 1.165) is 18.4 Å². The predicted molar refractivity (Wildman–Crippen MR) is 108 cm³/mol. The number of aryl methyl sites for hydroxylation is 1. The Labute approximate surface area is 167 Å². The number of hydrogen-bond donors (Lipinski definition) is 3. The van der Waals surface area contributed by atoms with Crippen LogP contribution in [0.2, 0.25) is 0 Å². The quantitative estimate of drug-likeness (QED) is 0.422. The summed E-state index contributed by atoms with van der Waals surface area (Å²) in [5, 5.41) is 11.8. The first-order chi connectivity index (χ1) is 13.2. The number of carboxylic acids is 1. The fourth-order valence-corrected chi connectivity index (χ4v) is 4.57. The monoisotopic (exact) mass is 413 g/mol. The number of carbonyl (C=O) groups excluding carboxylic acids is 1. The molecule has 1 aromatic carbocycles. The zero-order valence-electron chi connectivity index (χ0n) is 16.8. The normalized spacial score (nSPS) is 15.6. The molecule has 0 aliphatic carbocycles. The van der Waals surface area contributed by atoms with Gasteiger partial charge in [0, 0.05) is 6.42 Å². The maximum absolute atomic E-state index is 12.7. The van der Waals surface area contributed by atoms with E-state index in [1.165, 1.54) is 0 Å². The minimum atomic E-state index is -4.37. The van der Waals surface area contributed by atoms with Crippen LogP contribution in [0.1, 0.15) is 58.4 Å². The van der Waals surface area contributed by atoms with Gasteiger partial charge in [-0.25, -0.2) is 4.79 Å². The lowest BCUT2D eigenvalue weighted by atomic mass is 10.1. The van der Waals surface area contributed by atoms with E-state index >= 15 is 0 Å². The van der Waals surface area contributed by atoms with Gasteiger partial charge in [0.15, 0.2) is 6.10 Å². The highest BCUT2D eigenvalue weighted by Gasteiger charge is 2.39. The van der Waals surface area contributed by atoms with Gasteiger partial charge in [-0.15, -0.1) is 0 Å². The minimum absolute atomic E-state index is 0.145. The lowest BCUT2D eigenvalue weighted by Crippen LogP contribution is -2.40. The lowest BCUT2D eigenvalue weighted by Gasteiger charge is -2.28. The minimum Gasteiger partial charge on any atom is -0.479 e. The summed E-state index contributed by atoms with van der Waals surface area (Å²) in [4.78, 5) is 34.0. The van der Waals surface area contributed by atoms with Gasteiger partial charge in [0.2, 0.25) is 5.91 Å². The number of nitrogens with one attached hydrogen (secondary N) is 1. The summed E-state index contributed by atoms with van der Waals surface area (Å²) in [7, 11) is -4.37. The summed E-state index contributed by atoms with van der Waals surface area (Å²) in [6.45, 7) is 5.26. The molecule has 0 aliphatic rings. The van der Waals surface area contributed by atoms with Crippen LogP contribution in [0.25, 0.3) is 0 Å². The third-order valence-corrected chi connectivity index (χ3v) is 6.36. The van der Waals surface area contributed by atoms with E-state index in [1.54, 1.807) is 13.8 Å². The van der Waals surface area contributed by atoms with Crippen LogP contribution in [-0.4, -0.2) is 33.8 Å². The molecule has 0 aromatic heterocycles. The zero-order valence-corrected chi connectivity index (χ0v) is 17.7. The van der Waals surface area contributed by atoms with Gasteiger partial charge in [-0.05, 0) is 30.7 Å². The molecule has 1 aromatic rings. The maximum Gasteiger partial charge on any atom is 0.351 e. The van der Waals surface area contributed by atoms with Crippen LogP contribution in [0.4, 0.5) is 0 Å². The van der Waals surface area contributed by atoms with Crippen LogP contribution < -0.4 is 5.32 Å². The Kier molecular flexibility index (Phi) is 10.4. The number of amides is 1. The molecule has 1 rings (SSSR count). The van der Waals surface area contributed by atoms with E-state index in [0.29, 0.717) is 12.8 Å². The summed E-state index contributed by atoms with van der Waals surface area (Å²) < 4.78 is 17.8. The van der Waals surface area contributed by atoms with Crippen LogP contribution in [0, 0.1) is 5.92 Å². The van der Waals surface area contributed by atoms with Gasteiger partial charge in [-0.1, -0.05) is 63.9 Å². The predicted octanol–water partition coefficient (Wildman–Crippen LogP) is 3.95. The number of unbranched alkanes of at least 4 members (excludes halogenated alkanes) is 1. The van der Waals surface area contributed by atoms with Crippen molar-refractivity contribution < 1.29 is 28.7 Å². The number of carboxylic acid groups (broad SMARTS) is 1. The molecule has 0 heterocycles. The van der Waals surface area contributed by atoms with Gasteiger partial charge in [-0.3, -0.25) is 13.9 Å². The van der Waals surface area contributed by atoms with Crippen molar-refractivity contribution in [3.63, 3.8) is 0 Å². The fraction of sp³-hybridized carbons (Fsp3) is 0.600. The standard InChI is InChI=1S/C20H32NO6P/c1-4-5-13-17(20(23)24)27-28(25,26)19(15(2)3)21-18(22)14-9-12-16-10-7-6-8-11-16/h6-8,10-11,15,17,19H,4-5,9,12-14H2,1-3H3,(H,21,22)(H,23,24)(H,25,26). The molecule has 28 heavy (non-hydrogen) atoms. The number of benzene rings is 1. The molecule has 3 N–H and O–H groups in total. The Morgan fingerprint density at radius 3 is 2.36 bits per heavy atom. The summed E-state index contributed by atoms with van der Waals surface area (Å²) in [5.41, 5.74) is 1.12. The Bertz CT molecular complexity index is 664. The molecule has 0 bridgehead atoms. The molecule has 0 saturated carbocycles. The summed E-state index contributed by atoms with van der Waals surface area (Å²) >= 11 is 0. The van der Waals surface area contributed by atoms with Crippen LogP contribution >= 0.6 is 7.60 Å². The molecule has 1 amide bonds. The van der Waals surface area contributed by atoms with E-state index in [4.69, 9.17) is 4.52 Å². The molecule has 0 radical (unpaired) electrons. The van der Waals surface area contributed by atoms with Gasteiger partial charge in [0.25, 0.3) is 0 Å². The zero-order chi connectivity index (χ0) is 21.2. The molecular weight excluding hydrogens is 381 g/mol. The van der Waals surface area contributed by atoms with Gasteiger partial charge in [0.05, 0.1) is 0 Å². The highest BCUT2D eigenvalue weighted by Crippen LogP contribution is 2.50. The highest BCUT2D eigenvalue weighted by atomic mass is 31.2. The van der Waals surface area contributed by atoms with E-state index in [1.807, 2.05) is 37.3 Å². The second kappa shape index (κ2) is 12.0. The van der Waals surface area contributed by atoms with Crippen molar-refractivity contribution in [3.8, 4) is 0 Å². The van der Waals surface area contributed by atoms with Gasteiger partial charge < -0.3 is 15.3 Å². The smallest absolute Gasteiger partial charge is 0.351 e. The van der Waals surface area contributed by atoms with Gasteiger partial charge in [-0.2, -0.15) is 0 Å². The third-order valence-electron chi connectivity index (χ3n) is 4.38. The first-order valence-electron chi connectivity index (χ1n) is 9.74. The van der Waals surface area contributed by atoms with Crippen LogP contribution in [0.5, 0.6) is 0 Å². The number of rotatable bonds is 13. The van der Waals surface area contributed by atoms with Crippen LogP contribution in [-0.2, 0) is 25.1 Å². The Morgan fingerprint density at radius 1 is 1.18 bits per heavy atom. The number of carbonyl (C=O) groups is 2. The number of aliphatic carboxylic acids is 1. The van der Waals surface area contributed by atoms with Crippen molar-refractivity contribution in [2.75, 3.05) is 0 Å². The first-order valence-corrected chi connectivity index (χ1v) is 11.4. The summed E-state index contributed by atoms with van der Waals surface area (Å²) in [6.07, 6.45) is 1.62. The summed E-state index contributed by atoms with van der Waals surface area (Å²) in [6, 6.07) is 9.74. The van der Waals surface area contributed by atoms with E-state index in [-0.39, 0.29) is 18.7 Å². The topological polar surface area (TPSA) is 113 Å². The molecule has 3 atom stereocenters. The maximum atomic E-state index is 12.7. The second-order valence-corrected chi connectivity index (χ2v) is 9.13. The van der Waals surface area contributed by atoms with E-state index < -0.39 is 31.4 Å². The molecule has 7 nitrogen and oxygen atoms in total. The average molecular weight is 413 g/mol. The van der Waals surface area contributed by atoms with Crippen molar-refractivity contribution in [2.45, 2.75) is 71.2 Å². The molecule has 8 heteroatoms. The average Bonchev–Trinajstić information content (AvgIpc) is 2.63. The molecular formula is C20H32NO6P. The van der Waals surface area contributed by atoms with Gasteiger partial charge in [0.1, 0.15) is 5.78 Å². The van der Waals surface area contributed by atoms with Crippen molar-refractivity contribution in [1.29, 1.82) is 0 Å². The molecule has 158 valence electrons. The molecule has 0 aliphatic heterocycles. The SMILES string of the molecule is CCCCC(OP(=O)(O)C(NC(=O)CCCc1ccccc1)C(C)C)C(=O)O. The third kappa shape index (κ3) is 8.55. The van der Waals surface area contributed by atoms with Crippen molar-refractivity contribution >= 4 is 19.5 Å². The lowest BCUT2D eigenvalue weighted by molar-refractivity contribution is -0.145. The Balaban J connectivity index is 2.66. The van der Waals surface area contributed by atoms with Crippen molar-refractivity contribution in [2.24, 2.45) is 5.92 Å². The second-order valence-electron chi connectivity index (χ2n) is 7.23.